The third-order valence-corrected chi connectivity index (χ3v) is 3.60. The van der Waals surface area contributed by atoms with Crippen LogP contribution in [0.25, 0.3) is 0 Å². The van der Waals surface area contributed by atoms with Gasteiger partial charge in [0.25, 0.3) is 0 Å². The molecule has 0 unspecified atom stereocenters. The van der Waals surface area contributed by atoms with Gasteiger partial charge in [-0.25, -0.2) is 0 Å². The molecule has 1 N–H and O–H groups in total. The van der Waals surface area contributed by atoms with Gasteiger partial charge in [0, 0.05) is 13.0 Å². The molecule has 0 radical (unpaired) electrons. The van der Waals surface area contributed by atoms with Crippen LogP contribution in [0.15, 0.2) is 0 Å². The monoisotopic (exact) mass is 215 g/mol. The Kier molecular flexibility index (Phi) is 4.79. The summed E-state index contributed by atoms with van der Waals surface area (Å²) in [6, 6.07) is 0. The molecule has 1 aliphatic carbocycles. The number of carbonyl (C=O) groups is 1. The Morgan fingerprint density at radius 1 is 1.43 bits per heavy atom. The van der Waals surface area contributed by atoms with Gasteiger partial charge in [-0.05, 0) is 30.4 Å². The molecular formula is C11H21NOS. The molecule has 0 spiro atoms. The number of amides is 1. The average Bonchev–Trinajstić information content (AvgIpc) is 2.93. The number of carbonyl (C=O) groups excluding carboxylic acids is 1. The molecule has 14 heavy (non-hydrogen) atoms. The number of unbranched alkanes of at least 4 members (excludes halogenated alkanes) is 2. The number of nitrogens with one attached hydrogen (secondary N) is 1. The highest BCUT2D eigenvalue weighted by atomic mass is 32.1. The van der Waals surface area contributed by atoms with Gasteiger partial charge in [0.15, 0.2) is 0 Å². The third-order valence-electron chi connectivity index (χ3n) is 2.93. The van der Waals surface area contributed by atoms with Crippen molar-refractivity contribution in [3.63, 3.8) is 0 Å². The largest absolute Gasteiger partial charge is 0.356 e. The van der Waals surface area contributed by atoms with Crippen molar-refractivity contribution in [1.29, 1.82) is 0 Å². The molecule has 2 nitrogen and oxygen atoms in total. The first-order chi connectivity index (χ1) is 6.72. The number of hydrogen-bond acceptors (Lipinski definition) is 2. The van der Waals surface area contributed by atoms with Gasteiger partial charge < -0.3 is 5.32 Å². The van der Waals surface area contributed by atoms with Crippen molar-refractivity contribution in [3.05, 3.63) is 0 Å². The maximum Gasteiger partial charge on any atom is 0.220 e. The second-order valence-corrected chi connectivity index (χ2v) is 4.71. The topological polar surface area (TPSA) is 29.1 Å². The van der Waals surface area contributed by atoms with Gasteiger partial charge in [-0.2, -0.15) is 12.6 Å². The van der Waals surface area contributed by atoms with Crippen LogP contribution in [0.3, 0.4) is 0 Å². The molecular weight excluding hydrogens is 194 g/mol. The summed E-state index contributed by atoms with van der Waals surface area (Å²) in [6.07, 6.45) is 6.56. The second-order valence-electron chi connectivity index (χ2n) is 4.39. The Bertz CT molecular complexity index is 190. The maximum absolute atomic E-state index is 11.5. The SMILES string of the molecule is CCCCCNC(=O)CC1(CS)CC1. The van der Waals surface area contributed by atoms with Gasteiger partial charge in [-0.3, -0.25) is 4.79 Å². The first-order valence-corrected chi connectivity index (χ1v) is 6.23. The van der Waals surface area contributed by atoms with Gasteiger partial charge in [0.2, 0.25) is 5.91 Å². The summed E-state index contributed by atoms with van der Waals surface area (Å²) in [5.41, 5.74) is 0.262. The van der Waals surface area contributed by atoms with E-state index in [0.29, 0.717) is 6.42 Å². The molecule has 1 aliphatic rings. The van der Waals surface area contributed by atoms with E-state index in [4.69, 9.17) is 0 Å². The van der Waals surface area contributed by atoms with Crippen LogP contribution in [0.2, 0.25) is 0 Å². The molecule has 0 aliphatic heterocycles. The molecule has 1 amide bonds. The second kappa shape index (κ2) is 5.64. The van der Waals surface area contributed by atoms with E-state index < -0.39 is 0 Å². The lowest BCUT2D eigenvalue weighted by molar-refractivity contribution is -0.122. The van der Waals surface area contributed by atoms with Crippen molar-refractivity contribution in [3.8, 4) is 0 Å². The quantitative estimate of drug-likeness (QED) is 0.495. The molecule has 0 saturated heterocycles. The number of thiol groups is 1. The van der Waals surface area contributed by atoms with E-state index >= 15 is 0 Å². The predicted octanol–water partition coefficient (Wildman–Crippen LogP) is 2.39. The van der Waals surface area contributed by atoms with Crippen molar-refractivity contribution < 1.29 is 4.79 Å². The van der Waals surface area contributed by atoms with Crippen LogP contribution in [0.4, 0.5) is 0 Å². The first kappa shape index (κ1) is 11.9. The summed E-state index contributed by atoms with van der Waals surface area (Å²) in [7, 11) is 0. The Balaban J connectivity index is 2.04. The van der Waals surface area contributed by atoms with E-state index in [9.17, 15) is 4.79 Å². The zero-order chi connectivity index (χ0) is 10.4. The Morgan fingerprint density at radius 2 is 2.14 bits per heavy atom. The summed E-state index contributed by atoms with van der Waals surface area (Å²) in [6.45, 7) is 3.01. The fourth-order valence-corrected chi connectivity index (χ4v) is 2.00. The standard InChI is InChI=1S/C11H21NOS/c1-2-3-4-7-12-10(13)8-11(9-14)5-6-11/h14H,2-9H2,1H3,(H,12,13). The van der Waals surface area contributed by atoms with E-state index in [1.807, 2.05) is 0 Å². The molecule has 0 aromatic rings. The average molecular weight is 215 g/mol. The van der Waals surface area contributed by atoms with Crippen LogP contribution >= 0.6 is 12.6 Å². The highest BCUT2D eigenvalue weighted by Gasteiger charge is 2.42. The van der Waals surface area contributed by atoms with Crippen LogP contribution in [-0.2, 0) is 4.79 Å². The highest BCUT2D eigenvalue weighted by Crippen LogP contribution is 2.49. The van der Waals surface area contributed by atoms with Gasteiger partial charge in [-0.15, -0.1) is 0 Å². The van der Waals surface area contributed by atoms with Crippen LogP contribution in [0, 0.1) is 5.41 Å². The van der Waals surface area contributed by atoms with Crippen LogP contribution < -0.4 is 5.32 Å². The molecule has 0 atom stereocenters. The van der Waals surface area contributed by atoms with Gasteiger partial charge in [0.05, 0.1) is 0 Å². The molecule has 82 valence electrons. The Morgan fingerprint density at radius 3 is 2.64 bits per heavy atom. The number of rotatable bonds is 7. The fourth-order valence-electron chi connectivity index (χ4n) is 1.57. The van der Waals surface area contributed by atoms with E-state index in [0.717, 1.165) is 18.7 Å². The van der Waals surface area contributed by atoms with Gasteiger partial charge in [0.1, 0.15) is 0 Å². The summed E-state index contributed by atoms with van der Waals surface area (Å²) in [5, 5.41) is 2.98. The van der Waals surface area contributed by atoms with Gasteiger partial charge >= 0.3 is 0 Å². The molecule has 1 fully saturated rings. The molecule has 1 saturated carbocycles. The Labute approximate surface area is 92.2 Å². The first-order valence-electron chi connectivity index (χ1n) is 5.60. The predicted molar refractivity (Wildman–Crippen MR) is 62.7 cm³/mol. The number of hydrogen-bond donors (Lipinski definition) is 2. The van der Waals surface area contributed by atoms with Crippen LogP contribution in [-0.4, -0.2) is 18.2 Å². The van der Waals surface area contributed by atoms with E-state index in [1.165, 1.54) is 25.7 Å². The zero-order valence-electron chi connectivity index (χ0n) is 9.01. The fraction of sp³-hybridized carbons (Fsp3) is 0.909. The van der Waals surface area contributed by atoms with E-state index in [-0.39, 0.29) is 11.3 Å². The van der Waals surface area contributed by atoms with Crippen LogP contribution in [0.1, 0.15) is 45.4 Å². The smallest absolute Gasteiger partial charge is 0.220 e. The summed E-state index contributed by atoms with van der Waals surface area (Å²) in [5.74, 6) is 1.07. The zero-order valence-corrected chi connectivity index (χ0v) is 9.91. The maximum atomic E-state index is 11.5. The van der Waals surface area contributed by atoms with Crippen molar-refractivity contribution in [2.45, 2.75) is 45.4 Å². The van der Waals surface area contributed by atoms with Gasteiger partial charge in [-0.1, -0.05) is 19.8 Å². The Hall–Kier alpha value is -0.180. The molecule has 1 rings (SSSR count). The molecule has 0 aromatic heterocycles. The lowest BCUT2D eigenvalue weighted by atomic mass is 10.1. The van der Waals surface area contributed by atoms with Crippen molar-refractivity contribution >= 4 is 18.5 Å². The molecule has 0 bridgehead atoms. The highest BCUT2D eigenvalue weighted by molar-refractivity contribution is 7.80. The summed E-state index contributed by atoms with van der Waals surface area (Å²) < 4.78 is 0. The summed E-state index contributed by atoms with van der Waals surface area (Å²) >= 11 is 4.28. The van der Waals surface area contributed by atoms with Crippen LogP contribution in [0.5, 0.6) is 0 Å². The van der Waals surface area contributed by atoms with E-state index in [1.54, 1.807) is 0 Å². The minimum Gasteiger partial charge on any atom is -0.356 e. The minimum atomic E-state index is 0.215. The molecule has 0 heterocycles. The van der Waals surface area contributed by atoms with Crippen molar-refractivity contribution in [1.82, 2.24) is 5.32 Å². The van der Waals surface area contributed by atoms with E-state index in [2.05, 4.69) is 24.9 Å². The minimum absolute atomic E-state index is 0.215. The third kappa shape index (κ3) is 3.91. The van der Waals surface area contributed by atoms with Crippen molar-refractivity contribution in [2.24, 2.45) is 5.41 Å². The molecule has 3 heteroatoms. The lowest BCUT2D eigenvalue weighted by Gasteiger charge is -2.11. The summed E-state index contributed by atoms with van der Waals surface area (Å²) in [4.78, 5) is 11.5. The molecule has 0 aromatic carbocycles. The van der Waals surface area contributed by atoms with Crippen molar-refractivity contribution in [2.75, 3.05) is 12.3 Å². The normalized spacial score (nSPS) is 17.9. The lowest BCUT2D eigenvalue weighted by Crippen LogP contribution is -2.27.